The second-order valence-electron chi connectivity index (χ2n) is 3.76. The fourth-order valence-electron chi connectivity index (χ4n) is 1.32. The molecule has 1 rings (SSSR count). The van der Waals surface area contributed by atoms with Crippen LogP contribution < -0.4 is 10.6 Å². The summed E-state index contributed by atoms with van der Waals surface area (Å²) in [5.74, 6) is -3.16. The standard InChI is InChI=1S/C10H14F4N4/c1-5-7(15-3)17-6(2)18-8(5)16-4-10(13,14)9(11)12/h9H,4H2,1-3H3,(H2,15,16,17,18). The maximum absolute atomic E-state index is 12.8. The smallest absolute Gasteiger partial charge is 0.324 e. The van der Waals surface area contributed by atoms with Crippen LogP contribution in [0, 0.1) is 13.8 Å². The van der Waals surface area contributed by atoms with Gasteiger partial charge in [0.15, 0.2) is 0 Å². The molecule has 18 heavy (non-hydrogen) atoms. The molecule has 0 aliphatic rings. The van der Waals surface area contributed by atoms with E-state index in [2.05, 4.69) is 20.6 Å². The minimum Gasteiger partial charge on any atom is -0.373 e. The molecule has 0 saturated carbocycles. The Bertz CT molecular complexity index is 423. The van der Waals surface area contributed by atoms with Gasteiger partial charge in [0.05, 0.1) is 6.54 Å². The molecule has 102 valence electrons. The molecule has 0 spiro atoms. The summed E-state index contributed by atoms with van der Waals surface area (Å²) >= 11 is 0. The van der Waals surface area contributed by atoms with Crippen molar-refractivity contribution in [2.75, 3.05) is 24.2 Å². The topological polar surface area (TPSA) is 49.8 Å². The molecule has 1 heterocycles. The lowest BCUT2D eigenvalue weighted by molar-refractivity contribution is -0.117. The van der Waals surface area contributed by atoms with Gasteiger partial charge in [0.1, 0.15) is 17.5 Å². The Balaban J connectivity index is 2.89. The zero-order valence-electron chi connectivity index (χ0n) is 10.2. The SMILES string of the molecule is CNc1nc(C)nc(NCC(F)(F)C(F)F)c1C. The molecule has 1 aromatic heterocycles. The number of alkyl halides is 4. The Morgan fingerprint density at radius 2 is 1.72 bits per heavy atom. The maximum atomic E-state index is 12.8. The fourth-order valence-corrected chi connectivity index (χ4v) is 1.32. The molecule has 4 nitrogen and oxygen atoms in total. The number of nitrogens with zero attached hydrogens (tertiary/aromatic N) is 2. The molecular weight excluding hydrogens is 252 g/mol. The quantitative estimate of drug-likeness (QED) is 0.804. The van der Waals surface area contributed by atoms with Gasteiger partial charge in [-0.15, -0.1) is 0 Å². The Labute approximate surface area is 102 Å². The van der Waals surface area contributed by atoms with Crippen LogP contribution in [0.2, 0.25) is 0 Å². The molecule has 0 bridgehead atoms. The first-order chi connectivity index (χ1) is 8.27. The van der Waals surface area contributed by atoms with Gasteiger partial charge in [0, 0.05) is 12.6 Å². The number of hydrogen-bond acceptors (Lipinski definition) is 4. The highest BCUT2D eigenvalue weighted by Crippen LogP contribution is 2.25. The molecule has 0 saturated heterocycles. The number of aryl methyl sites for hydroxylation is 1. The minimum atomic E-state index is -4.09. The molecule has 0 aliphatic carbocycles. The number of anilines is 2. The average molecular weight is 266 g/mol. The average Bonchev–Trinajstić information content (AvgIpc) is 2.29. The second kappa shape index (κ2) is 5.36. The molecule has 0 amide bonds. The van der Waals surface area contributed by atoms with Crippen molar-refractivity contribution < 1.29 is 17.6 Å². The lowest BCUT2D eigenvalue weighted by Crippen LogP contribution is -2.35. The van der Waals surface area contributed by atoms with Crippen LogP contribution in [0.1, 0.15) is 11.4 Å². The fraction of sp³-hybridized carbons (Fsp3) is 0.600. The lowest BCUT2D eigenvalue weighted by Gasteiger charge is -2.18. The molecule has 0 aliphatic heterocycles. The van der Waals surface area contributed by atoms with E-state index in [-0.39, 0.29) is 5.82 Å². The molecule has 2 N–H and O–H groups in total. The molecule has 8 heteroatoms. The van der Waals surface area contributed by atoms with Gasteiger partial charge in [0.25, 0.3) is 0 Å². The van der Waals surface area contributed by atoms with E-state index in [1.165, 1.54) is 0 Å². The van der Waals surface area contributed by atoms with E-state index in [0.717, 1.165) is 0 Å². The third-order valence-corrected chi connectivity index (χ3v) is 2.31. The van der Waals surface area contributed by atoms with Crippen LogP contribution in [0.3, 0.4) is 0 Å². The van der Waals surface area contributed by atoms with Gasteiger partial charge in [-0.3, -0.25) is 0 Å². The maximum Gasteiger partial charge on any atom is 0.324 e. The third-order valence-electron chi connectivity index (χ3n) is 2.31. The van der Waals surface area contributed by atoms with Crippen molar-refractivity contribution in [2.45, 2.75) is 26.2 Å². The van der Waals surface area contributed by atoms with Crippen molar-refractivity contribution in [2.24, 2.45) is 0 Å². The van der Waals surface area contributed by atoms with Crippen molar-refractivity contribution in [1.29, 1.82) is 0 Å². The van der Waals surface area contributed by atoms with E-state index in [4.69, 9.17) is 0 Å². The molecular formula is C10H14F4N4. The monoisotopic (exact) mass is 266 g/mol. The van der Waals surface area contributed by atoms with Crippen molar-refractivity contribution >= 4 is 11.6 Å². The Hall–Kier alpha value is -1.60. The van der Waals surface area contributed by atoms with Gasteiger partial charge in [-0.05, 0) is 13.8 Å². The number of halogens is 4. The summed E-state index contributed by atoms with van der Waals surface area (Å²) in [6.07, 6.45) is -3.71. The number of nitrogens with one attached hydrogen (secondary N) is 2. The van der Waals surface area contributed by atoms with Gasteiger partial charge < -0.3 is 10.6 Å². The van der Waals surface area contributed by atoms with Crippen LogP contribution in [0.15, 0.2) is 0 Å². The van der Waals surface area contributed by atoms with Gasteiger partial charge in [0.2, 0.25) is 0 Å². The van der Waals surface area contributed by atoms with Crippen LogP contribution in [-0.4, -0.2) is 35.9 Å². The highest BCUT2D eigenvalue weighted by atomic mass is 19.3. The first-order valence-corrected chi connectivity index (χ1v) is 5.20. The Morgan fingerprint density at radius 1 is 1.17 bits per heavy atom. The zero-order chi connectivity index (χ0) is 13.9. The zero-order valence-corrected chi connectivity index (χ0v) is 10.2. The van der Waals surface area contributed by atoms with Crippen molar-refractivity contribution in [3.8, 4) is 0 Å². The summed E-state index contributed by atoms with van der Waals surface area (Å²) in [5.41, 5.74) is 0.494. The number of hydrogen-bond donors (Lipinski definition) is 2. The second-order valence-corrected chi connectivity index (χ2v) is 3.76. The van der Waals surface area contributed by atoms with Crippen LogP contribution in [0.4, 0.5) is 29.2 Å². The van der Waals surface area contributed by atoms with Crippen LogP contribution in [-0.2, 0) is 0 Å². The first-order valence-electron chi connectivity index (χ1n) is 5.20. The van der Waals surface area contributed by atoms with Crippen LogP contribution >= 0.6 is 0 Å². The first kappa shape index (κ1) is 14.5. The van der Waals surface area contributed by atoms with Gasteiger partial charge in [-0.1, -0.05) is 0 Å². The van der Waals surface area contributed by atoms with Gasteiger partial charge >= 0.3 is 12.3 Å². The van der Waals surface area contributed by atoms with Crippen molar-refractivity contribution in [3.05, 3.63) is 11.4 Å². The normalized spacial score (nSPS) is 11.8. The largest absolute Gasteiger partial charge is 0.373 e. The Morgan fingerprint density at radius 3 is 2.22 bits per heavy atom. The predicted molar refractivity (Wildman–Crippen MR) is 60.5 cm³/mol. The predicted octanol–water partition coefficient (Wildman–Crippen LogP) is 2.45. The van der Waals surface area contributed by atoms with E-state index in [9.17, 15) is 17.6 Å². The summed E-state index contributed by atoms with van der Waals surface area (Å²) in [7, 11) is 1.62. The lowest BCUT2D eigenvalue weighted by atomic mass is 10.3. The Kier molecular flexibility index (Phi) is 4.31. The molecule has 0 atom stereocenters. The van der Waals surface area contributed by atoms with Crippen molar-refractivity contribution in [1.82, 2.24) is 9.97 Å². The third kappa shape index (κ3) is 3.21. The molecule has 1 aromatic rings. The van der Waals surface area contributed by atoms with E-state index in [1.807, 2.05) is 0 Å². The molecule has 0 unspecified atom stereocenters. The number of aromatic nitrogens is 2. The van der Waals surface area contributed by atoms with Gasteiger partial charge in [-0.25, -0.2) is 18.7 Å². The summed E-state index contributed by atoms with van der Waals surface area (Å²) < 4.78 is 49.6. The molecule has 0 radical (unpaired) electrons. The molecule has 0 fully saturated rings. The van der Waals surface area contributed by atoms with E-state index in [0.29, 0.717) is 17.2 Å². The van der Waals surface area contributed by atoms with Gasteiger partial charge in [-0.2, -0.15) is 8.78 Å². The summed E-state index contributed by atoms with van der Waals surface area (Å²) in [4.78, 5) is 7.94. The van der Waals surface area contributed by atoms with Crippen molar-refractivity contribution in [3.63, 3.8) is 0 Å². The number of rotatable bonds is 5. The van der Waals surface area contributed by atoms with E-state index >= 15 is 0 Å². The minimum absolute atomic E-state index is 0.118. The summed E-state index contributed by atoms with van der Waals surface area (Å²) in [6, 6.07) is 0. The van der Waals surface area contributed by atoms with E-state index < -0.39 is 18.9 Å². The van der Waals surface area contributed by atoms with Crippen LogP contribution in [0.25, 0.3) is 0 Å². The summed E-state index contributed by atoms with van der Waals surface area (Å²) in [5, 5.41) is 5.00. The summed E-state index contributed by atoms with van der Waals surface area (Å²) in [6.45, 7) is 2.01. The molecule has 0 aromatic carbocycles. The van der Waals surface area contributed by atoms with E-state index in [1.54, 1.807) is 20.9 Å². The van der Waals surface area contributed by atoms with Crippen LogP contribution in [0.5, 0.6) is 0 Å². The highest BCUT2D eigenvalue weighted by Gasteiger charge is 2.40. The highest BCUT2D eigenvalue weighted by molar-refractivity contribution is 5.56.